The van der Waals surface area contributed by atoms with E-state index in [4.69, 9.17) is 11.6 Å². The highest BCUT2D eigenvalue weighted by molar-refractivity contribution is 7.13. The summed E-state index contributed by atoms with van der Waals surface area (Å²) in [4.78, 5) is 30.0. The zero-order valence-electron chi connectivity index (χ0n) is 16.6. The second-order valence-electron chi connectivity index (χ2n) is 6.82. The Labute approximate surface area is 190 Å². The maximum absolute atomic E-state index is 13.8. The summed E-state index contributed by atoms with van der Waals surface area (Å²) in [7, 11) is 1.52. The number of carbonyl (C=O) groups is 1. The molecule has 0 unspecified atom stereocenters. The molecular formula is C21H15ClFN5O3S. The summed E-state index contributed by atoms with van der Waals surface area (Å²) >= 11 is 7.57. The second kappa shape index (κ2) is 8.85. The summed E-state index contributed by atoms with van der Waals surface area (Å²) in [5.41, 5.74) is 0.711. The van der Waals surface area contributed by atoms with Gasteiger partial charge in [-0.2, -0.15) is 0 Å². The Morgan fingerprint density at radius 1 is 1.25 bits per heavy atom. The fraction of sp³-hybridized carbons (Fsp3) is 0.0952. The number of rotatable bonds is 6. The molecule has 11 heteroatoms. The van der Waals surface area contributed by atoms with Crippen molar-refractivity contribution in [1.82, 2.24) is 19.7 Å². The lowest BCUT2D eigenvalue weighted by Gasteiger charge is -2.16. The maximum Gasteiger partial charge on any atom is 0.293 e. The normalized spacial score (nSPS) is 10.8. The van der Waals surface area contributed by atoms with Crippen molar-refractivity contribution in [2.75, 3.05) is 7.05 Å². The third-order valence-electron chi connectivity index (χ3n) is 4.59. The highest BCUT2D eigenvalue weighted by atomic mass is 35.5. The van der Waals surface area contributed by atoms with Gasteiger partial charge in [0, 0.05) is 30.7 Å². The van der Waals surface area contributed by atoms with Crippen molar-refractivity contribution >= 4 is 34.5 Å². The van der Waals surface area contributed by atoms with Crippen LogP contribution in [0.3, 0.4) is 0 Å². The molecular weight excluding hydrogens is 457 g/mol. The molecule has 1 amide bonds. The Hall–Kier alpha value is -3.63. The molecule has 0 aliphatic carbocycles. The van der Waals surface area contributed by atoms with Crippen molar-refractivity contribution in [3.63, 3.8) is 0 Å². The van der Waals surface area contributed by atoms with Crippen LogP contribution in [-0.4, -0.2) is 37.5 Å². The van der Waals surface area contributed by atoms with Crippen molar-refractivity contribution in [2.24, 2.45) is 0 Å². The standard InChI is InChI=1S/C21H15ClFN5O3S/c1-26(12-13-10-16(28(30)31)7-8-17(13)22)21(29)19-24-20(18-6-3-9-32-18)27(25-19)15-5-2-4-14(23)11-15/h2-11H,12H2,1H3. The van der Waals surface area contributed by atoms with Crippen LogP contribution < -0.4 is 0 Å². The molecule has 0 fully saturated rings. The summed E-state index contributed by atoms with van der Waals surface area (Å²) < 4.78 is 15.2. The first-order valence-electron chi connectivity index (χ1n) is 9.28. The molecule has 0 N–H and O–H groups in total. The predicted molar refractivity (Wildman–Crippen MR) is 119 cm³/mol. The number of hydrogen-bond acceptors (Lipinski definition) is 6. The molecule has 0 aliphatic rings. The molecule has 4 rings (SSSR count). The van der Waals surface area contributed by atoms with E-state index in [1.54, 1.807) is 12.1 Å². The Balaban J connectivity index is 1.68. The van der Waals surface area contributed by atoms with Crippen molar-refractivity contribution in [1.29, 1.82) is 0 Å². The van der Waals surface area contributed by atoms with Gasteiger partial charge < -0.3 is 4.90 Å². The minimum absolute atomic E-state index is 0.0161. The molecule has 8 nitrogen and oxygen atoms in total. The number of thiophene rings is 1. The fourth-order valence-corrected chi connectivity index (χ4v) is 3.93. The monoisotopic (exact) mass is 471 g/mol. The SMILES string of the molecule is CN(Cc1cc([N+](=O)[O-])ccc1Cl)C(=O)c1nc(-c2cccs2)n(-c2cccc(F)c2)n1. The van der Waals surface area contributed by atoms with Crippen LogP contribution in [0.2, 0.25) is 5.02 Å². The number of nitrogens with zero attached hydrogens (tertiary/aromatic N) is 5. The van der Waals surface area contributed by atoms with Crippen LogP contribution in [0.4, 0.5) is 10.1 Å². The molecule has 0 aliphatic heterocycles. The molecule has 0 saturated heterocycles. The number of aromatic nitrogens is 3. The van der Waals surface area contributed by atoms with Gasteiger partial charge in [0.1, 0.15) is 5.82 Å². The molecule has 0 radical (unpaired) electrons. The number of amides is 1. The summed E-state index contributed by atoms with van der Waals surface area (Å²) in [6, 6.07) is 13.5. The Morgan fingerprint density at radius 2 is 2.06 bits per heavy atom. The molecule has 4 aromatic rings. The van der Waals surface area contributed by atoms with Crippen LogP contribution in [0.1, 0.15) is 16.2 Å². The summed E-state index contributed by atoms with van der Waals surface area (Å²) in [5, 5.41) is 17.5. The van der Waals surface area contributed by atoms with Gasteiger partial charge in [-0.15, -0.1) is 16.4 Å². The van der Waals surface area contributed by atoms with E-state index in [0.717, 1.165) is 4.88 Å². The van der Waals surface area contributed by atoms with Gasteiger partial charge in [0.15, 0.2) is 5.82 Å². The van der Waals surface area contributed by atoms with E-state index in [9.17, 15) is 19.3 Å². The van der Waals surface area contributed by atoms with Crippen LogP contribution >= 0.6 is 22.9 Å². The average molecular weight is 472 g/mol. The smallest absolute Gasteiger partial charge is 0.293 e. The van der Waals surface area contributed by atoms with E-state index in [1.807, 2.05) is 17.5 Å². The summed E-state index contributed by atoms with van der Waals surface area (Å²) in [5.74, 6) is -0.654. The van der Waals surface area contributed by atoms with E-state index in [0.29, 0.717) is 22.1 Å². The minimum Gasteiger partial charge on any atom is -0.335 e. The first-order chi connectivity index (χ1) is 15.3. The van der Waals surface area contributed by atoms with Crippen LogP contribution in [-0.2, 0) is 6.54 Å². The average Bonchev–Trinajstić information content (AvgIpc) is 3.44. The van der Waals surface area contributed by atoms with Crippen LogP contribution in [0.15, 0.2) is 60.0 Å². The second-order valence-corrected chi connectivity index (χ2v) is 8.18. The van der Waals surface area contributed by atoms with Crippen molar-refractivity contribution in [2.45, 2.75) is 6.54 Å². The van der Waals surface area contributed by atoms with Gasteiger partial charge in [-0.05, 0) is 41.3 Å². The van der Waals surface area contributed by atoms with Gasteiger partial charge in [-0.3, -0.25) is 14.9 Å². The minimum atomic E-state index is -0.531. The number of nitro groups is 1. The van der Waals surface area contributed by atoms with Crippen LogP contribution in [0, 0.1) is 15.9 Å². The van der Waals surface area contributed by atoms with E-state index in [2.05, 4.69) is 10.1 Å². The highest BCUT2D eigenvalue weighted by Crippen LogP contribution is 2.27. The van der Waals surface area contributed by atoms with Crippen LogP contribution in [0.5, 0.6) is 0 Å². The van der Waals surface area contributed by atoms with Gasteiger partial charge in [0.05, 0.1) is 15.5 Å². The Kier molecular flexibility index (Phi) is 5.97. The van der Waals surface area contributed by atoms with E-state index in [1.165, 1.54) is 58.3 Å². The number of hydrogen-bond donors (Lipinski definition) is 0. The van der Waals surface area contributed by atoms with E-state index >= 15 is 0 Å². The molecule has 0 atom stereocenters. The number of halogens is 2. The fourth-order valence-electron chi connectivity index (χ4n) is 3.05. The molecule has 162 valence electrons. The number of nitro benzene ring substituents is 1. The number of carbonyl (C=O) groups excluding carboxylic acids is 1. The van der Waals surface area contributed by atoms with Crippen molar-refractivity contribution in [3.8, 4) is 16.4 Å². The van der Waals surface area contributed by atoms with Crippen molar-refractivity contribution in [3.05, 3.63) is 92.3 Å². The molecule has 0 bridgehead atoms. The highest BCUT2D eigenvalue weighted by Gasteiger charge is 2.23. The molecule has 0 saturated carbocycles. The Bertz CT molecular complexity index is 1310. The van der Waals surface area contributed by atoms with E-state index in [-0.39, 0.29) is 18.1 Å². The van der Waals surface area contributed by atoms with Gasteiger partial charge in [0.2, 0.25) is 5.82 Å². The zero-order valence-corrected chi connectivity index (χ0v) is 18.2. The largest absolute Gasteiger partial charge is 0.335 e. The molecule has 32 heavy (non-hydrogen) atoms. The third-order valence-corrected chi connectivity index (χ3v) is 5.82. The molecule has 2 aromatic heterocycles. The number of benzene rings is 2. The quantitative estimate of drug-likeness (QED) is 0.292. The Morgan fingerprint density at radius 3 is 2.75 bits per heavy atom. The first kappa shape index (κ1) is 21.6. The van der Waals surface area contributed by atoms with Gasteiger partial charge in [-0.1, -0.05) is 23.7 Å². The number of non-ortho nitro benzene ring substituents is 1. The van der Waals surface area contributed by atoms with Gasteiger partial charge in [-0.25, -0.2) is 14.1 Å². The molecule has 2 aromatic carbocycles. The lowest BCUT2D eigenvalue weighted by atomic mass is 10.2. The topological polar surface area (TPSA) is 94.2 Å². The van der Waals surface area contributed by atoms with Gasteiger partial charge in [0.25, 0.3) is 11.6 Å². The molecule has 0 spiro atoms. The zero-order chi connectivity index (χ0) is 22.8. The van der Waals surface area contributed by atoms with Gasteiger partial charge >= 0.3 is 0 Å². The molecule has 2 heterocycles. The lowest BCUT2D eigenvalue weighted by Crippen LogP contribution is -2.27. The third kappa shape index (κ3) is 4.36. The first-order valence-corrected chi connectivity index (χ1v) is 10.5. The van der Waals surface area contributed by atoms with Crippen LogP contribution in [0.25, 0.3) is 16.4 Å². The maximum atomic E-state index is 13.8. The lowest BCUT2D eigenvalue weighted by molar-refractivity contribution is -0.384. The van der Waals surface area contributed by atoms with Crippen molar-refractivity contribution < 1.29 is 14.1 Å². The predicted octanol–water partition coefficient (Wildman–Crippen LogP) is 4.97. The van der Waals surface area contributed by atoms with E-state index < -0.39 is 16.6 Å². The summed E-state index contributed by atoms with van der Waals surface area (Å²) in [6.07, 6.45) is 0. The summed E-state index contributed by atoms with van der Waals surface area (Å²) in [6.45, 7) is 0.0161.